The number of rotatable bonds is 6. The van der Waals surface area contributed by atoms with E-state index in [1.165, 1.54) is 0 Å². The van der Waals surface area contributed by atoms with Crippen molar-refractivity contribution < 1.29 is 9.47 Å². The summed E-state index contributed by atoms with van der Waals surface area (Å²) in [6.07, 6.45) is 0. The lowest BCUT2D eigenvalue weighted by atomic mass is 10.2. The van der Waals surface area contributed by atoms with E-state index >= 15 is 0 Å². The monoisotopic (exact) mass is 340 g/mol. The number of alkyl halides is 1. The van der Waals surface area contributed by atoms with Gasteiger partial charge in [0.05, 0.1) is 11.1 Å². The van der Waals surface area contributed by atoms with Gasteiger partial charge in [0.25, 0.3) is 0 Å². The molecular weight excluding hydrogens is 328 g/mol. The van der Waals surface area contributed by atoms with Gasteiger partial charge in [-0.1, -0.05) is 36.4 Å². The second-order valence-corrected chi connectivity index (χ2v) is 5.12. The van der Waals surface area contributed by atoms with Gasteiger partial charge in [-0.2, -0.15) is 0 Å². The largest absolute Gasteiger partial charge is 0.466 e. The van der Waals surface area contributed by atoms with Crippen LogP contribution in [0.1, 0.15) is 11.1 Å². The average Bonchev–Trinajstić information content (AvgIpc) is 2.46. The van der Waals surface area contributed by atoms with Gasteiger partial charge in [-0.15, -0.1) is 11.6 Å². The zero-order chi connectivity index (χ0) is 13.5. The predicted molar refractivity (Wildman–Crippen MR) is 80.4 cm³/mol. The van der Waals surface area contributed by atoms with Crippen molar-refractivity contribution in [2.75, 3.05) is 6.79 Å². The van der Waals surface area contributed by atoms with E-state index < -0.39 is 0 Å². The third-order valence-electron chi connectivity index (χ3n) is 2.56. The predicted octanol–water partition coefficient (Wildman–Crippen LogP) is 4.74. The van der Waals surface area contributed by atoms with Crippen LogP contribution in [-0.4, -0.2) is 6.79 Å². The molecule has 2 rings (SSSR count). The van der Waals surface area contributed by atoms with E-state index in [0.717, 1.165) is 21.3 Å². The molecule has 2 nitrogen and oxygen atoms in total. The summed E-state index contributed by atoms with van der Waals surface area (Å²) in [5, 5.41) is 0. The Morgan fingerprint density at radius 2 is 1.79 bits per heavy atom. The highest BCUT2D eigenvalue weighted by Gasteiger charge is 2.02. The molecule has 0 aliphatic heterocycles. The first-order chi connectivity index (χ1) is 9.29. The highest BCUT2D eigenvalue weighted by molar-refractivity contribution is 9.10. The molecule has 19 heavy (non-hydrogen) atoms. The van der Waals surface area contributed by atoms with Crippen LogP contribution in [-0.2, 0) is 17.2 Å². The third-order valence-corrected chi connectivity index (χ3v) is 3.49. The molecule has 0 aliphatic rings. The van der Waals surface area contributed by atoms with E-state index in [-0.39, 0.29) is 6.79 Å². The van der Waals surface area contributed by atoms with Crippen LogP contribution in [0, 0.1) is 0 Å². The van der Waals surface area contributed by atoms with Crippen molar-refractivity contribution in [2.24, 2.45) is 0 Å². The highest BCUT2D eigenvalue weighted by atomic mass is 79.9. The van der Waals surface area contributed by atoms with Crippen molar-refractivity contribution in [3.63, 3.8) is 0 Å². The number of halogens is 2. The fourth-order valence-electron chi connectivity index (χ4n) is 1.58. The average molecular weight is 342 g/mol. The van der Waals surface area contributed by atoms with Crippen molar-refractivity contribution in [1.82, 2.24) is 0 Å². The Morgan fingerprint density at radius 3 is 2.47 bits per heavy atom. The molecule has 0 bridgehead atoms. The quantitative estimate of drug-likeness (QED) is 0.429. The van der Waals surface area contributed by atoms with Gasteiger partial charge in [-0.3, -0.25) is 0 Å². The van der Waals surface area contributed by atoms with Crippen LogP contribution < -0.4 is 4.74 Å². The van der Waals surface area contributed by atoms with Crippen molar-refractivity contribution in [3.05, 3.63) is 64.1 Å². The van der Waals surface area contributed by atoms with Crippen LogP contribution in [0.3, 0.4) is 0 Å². The van der Waals surface area contributed by atoms with Crippen molar-refractivity contribution >= 4 is 27.5 Å². The molecule has 0 N–H and O–H groups in total. The maximum Gasteiger partial charge on any atom is 0.189 e. The lowest BCUT2D eigenvalue weighted by molar-refractivity contribution is 0.00463. The van der Waals surface area contributed by atoms with Crippen molar-refractivity contribution in [2.45, 2.75) is 12.5 Å². The number of benzene rings is 2. The fourth-order valence-corrected chi connectivity index (χ4v) is 2.29. The molecule has 4 heteroatoms. The van der Waals surface area contributed by atoms with E-state index in [0.29, 0.717) is 12.5 Å². The summed E-state index contributed by atoms with van der Waals surface area (Å²) < 4.78 is 11.9. The molecule has 0 aliphatic carbocycles. The van der Waals surface area contributed by atoms with Crippen LogP contribution in [0.2, 0.25) is 0 Å². The lowest BCUT2D eigenvalue weighted by Gasteiger charge is -2.09. The van der Waals surface area contributed by atoms with Gasteiger partial charge in [0.15, 0.2) is 6.79 Å². The summed E-state index contributed by atoms with van der Waals surface area (Å²) in [7, 11) is 0. The van der Waals surface area contributed by atoms with Crippen LogP contribution in [0.15, 0.2) is 53.0 Å². The lowest BCUT2D eigenvalue weighted by Crippen LogP contribution is -2.03. The molecule has 0 atom stereocenters. The summed E-state index contributed by atoms with van der Waals surface area (Å²) in [5.74, 6) is 1.24. The van der Waals surface area contributed by atoms with Gasteiger partial charge in [0, 0.05) is 5.88 Å². The molecular formula is C15H14BrClO2. The molecule has 0 spiro atoms. The molecule has 2 aromatic rings. The minimum atomic E-state index is 0.216. The SMILES string of the molecule is ClCc1ccc(OCOCc2ccccc2)c(Br)c1. The number of hydrogen-bond donors (Lipinski definition) is 0. The van der Waals surface area contributed by atoms with Crippen molar-refractivity contribution in [1.29, 1.82) is 0 Å². The number of hydrogen-bond acceptors (Lipinski definition) is 2. The van der Waals surface area contributed by atoms with Gasteiger partial charge in [-0.25, -0.2) is 0 Å². The van der Waals surface area contributed by atoms with E-state index in [1.54, 1.807) is 0 Å². The van der Waals surface area contributed by atoms with Crippen LogP contribution in [0.4, 0.5) is 0 Å². The number of ether oxygens (including phenoxy) is 2. The summed E-state index contributed by atoms with van der Waals surface area (Å²) >= 11 is 9.21. The first-order valence-electron chi connectivity index (χ1n) is 5.88. The molecule has 0 radical (unpaired) electrons. The zero-order valence-corrected chi connectivity index (χ0v) is 12.7. The van der Waals surface area contributed by atoms with E-state index in [9.17, 15) is 0 Å². The second-order valence-electron chi connectivity index (χ2n) is 3.99. The molecule has 2 aromatic carbocycles. The van der Waals surface area contributed by atoms with Gasteiger partial charge >= 0.3 is 0 Å². The fraction of sp³-hybridized carbons (Fsp3) is 0.200. The Kier molecular flexibility index (Phi) is 5.70. The minimum Gasteiger partial charge on any atom is -0.466 e. The normalized spacial score (nSPS) is 10.4. The standard InChI is InChI=1S/C15H14BrClO2/c16-14-8-13(9-17)6-7-15(14)19-11-18-10-12-4-2-1-3-5-12/h1-8H,9-11H2. The summed E-state index contributed by atoms with van der Waals surface area (Å²) in [4.78, 5) is 0. The van der Waals surface area contributed by atoms with Gasteiger partial charge in [-0.05, 0) is 39.2 Å². The maximum atomic E-state index is 5.76. The smallest absolute Gasteiger partial charge is 0.189 e. The van der Waals surface area contributed by atoms with Crippen LogP contribution >= 0.6 is 27.5 Å². The van der Waals surface area contributed by atoms with Gasteiger partial charge < -0.3 is 9.47 Å². The summed E-state index contributed by atoms with van der Waals surface area (Å²) in [6, 6.07) is 15.8. The first-order valence-corrected chi connectivity index (χ1v) is 7.21. The van der Waals surface area contributed by atoms with Gasteiger partial charge in [0.2, 0.25) is 0 Å². The highest BCUT2D eigenvalue weighted by Crippen LogP contribution is 2.26. The molecule has 0 fully saturated rings. The Hall–Kier alpha value is -1.03. The van der Waals surface area contributed by atoms with Crippen LogP contribution in [0.5, 0.6) is 5.75 Å². The van der Waals surface area contributed by atoms with Crippen LogP contribution in [0.25, 0.3) is 0 Å². The van der Waals surface area contributed by atoms with E-state index in [1.807, 2.05) is 48.5 Å². The Morgan fingerprint density at radius 1 is 1.00 bits per heavy atom. The zero-order valence-electron chi connectivity index (χ0n) is 10.3. The topological polar surface area (TPSA) is 18.5 Å². The molecule has 100 valence electrons. The van der Waals surface area contributed by atoms with E-state index in [4.69, 9.17) is 21.1 Å². The summed E-state index contributed by atoms with van der Waals surface area (Å²) in [5.41, 5.74) is 2.17. The molecule has 0 amide bonds. The molecule has 0 saturated carbocycles. The molecule has 0 unspecified atom stereocenters. The molecule has 0 heterocycles. The van der Waals surface area contributed by atoms with Crippen molar-refractivity contribution in [3.8, 4) is 5.75 Å². The second kappa shape index (κ2) is 7.53. The third kappa shape index (κ3) is 4.53. The molecule has 0 aromatic heterocycles. The first kappa shape index (κ1) is 14.4. The summed E-state index contributed by atoms with van der Waals surface area (Å²) in [6.45, 7) is 0.756. The Balaban J connectivity index is 1.80. The van der Waals surface area contributed by atoms with E-state index in [2.05, 4.69) is 15.9 Å². The van der Waals surface area contributed by atoms with Gasteiger partial charge in [0.1, 0.15) is 5.75 Å². The maximum absolute atomic E-state index is 5.76. The Labute approximate surface area is 126 Å². The minimum absolute atomic E-state index is 0.216. The molecule has 0 saturated heterocycles. The Bertz CT molecular complexity index is 517.